The molecule has 0 aliphatic carbocycles. The van der Waals surface area contributed by atoms with E-state index in [9.17, 15) is 5.21 Å². The number of ether oxygens (including phenoxy) is 4. The van der Waals surface area contributed by atoms with Gasteiger partial charge < -0.3 is 24.2 Å². The molecule has 1 aromatic heterocycles. The largest absolute Gasteiger partial charge is 0.493 e. The van der Waals surface area contributed by atoms with Crippen LogP contribution in [0.4, 0.5) is 0 Å². The molecule has 152 valence electrons. The Labute approximate surface area is 169 Å². The molecular formula is C22H24N2O5. The summed E-state index contributed by atoms with van der Waals surface area (Å²) in [6, 6.07) is 9.46. The first-order chi connectivity index (χ1) is 14.1. The van der Waals surface area contributed by atoms with Crippen LogP contribution in [-0.2, 0) is 6.42 Å². The van der Waals surface area contributed by atoms with Gasteiger partial charge in [-0.15, -0.1) is 0 Å². The van der Waals surface area contributed by atoms with E-state index in [-0.39, 0.29) is 0 Å². The standard InChI is InChI=1S/C22H24N2O5/c1-13(24-25)16-11-21(28-4)20(27-3)10-15(16)8-18-17-12-22(29-5)19(26-2)9-14(17)6-7-23-18/h6-7,9-12,25H,8H2,1-5H3. The molecule has 29 heavy (non-hydrogen) atoms. The summed E-state index contributed by atoms with van der Waals surface area (Å²) in [6.07, 6.45) is 2.26. The number of fused-ring (bicyclic) bond motifs is 1. The zero-order valence-electron chi connectivity index (χ0n) is 17.1. The van der Waals surface area contributed by atoms with Crippen molar-refractivity contribution in [3.63, 3.8) is 0 Å². The van der Waals surface area contributed by atoms with E-state index in [0.29, 0.717) is 35.1 Å². The fourth-order valence-corrected chi connectivity index (χ4v) is 3.34. The van der Waals surface area contributed by atoms with Crippen LogP contribution >= 0.6 is 0 Å². The van der Waals surface area contributed by atoms with Gasteiger partial charge in [-0.25, -0.2) is 0 Å². The van der Waals surface area contributed by atoms with Gasteiger partial charge in [0, 0.05) is 23.6 Å². The minimum absolute atomic E-state index is 0.473. The summed E-state index contributed by atoms with van der Waals surface area (Å²) >= 11 is 0. The lowest BCUT2D eigenvalue weighted by molar-refractivity contribution is 0.319. The summed E-state index contributed by atoms with van der Waals surface area (Å²) in [7, 11) is 6.37. The van der Waals surface area contributed by atoms with E-state index in [1.54, 1.807) is 47.6 Å². The van der Waals surface area contributed by atoms with Gasteiger partial charge >= 0.3 is 0 Å². The van der Waals surface area contributed by atoms with E-state index >= 15 is 0 Å². The summed E-state index contributed by atoms with van der Waals surface area (Å²) < 4.78 is 21.7. The highest BCUT2D eigenvalue weighted by molar-refractivity contribution is 6.00. The molecule has 0 spiro atoms. The number of nitrogens with zero attached hydrogens (tertiary/aromatic N) is 2. The Morgan fingerprint density at radius 1 is 0.897 bits per heavy atom. The number of methoxy groups -OCH3 is 4. The Kier molecular flexibility index (Phi) is 6.07. The van der Waals surface area contributed by atoms with Crippen molar-refractivity contribution < 1.29 is 24.2 Å². The van der Waals surface area contributed by atoms with Crippen LogP contribution in [-0.4, -0.2) is 44.3 Å². The quantitative estimate of drug-likeness (QED) is 0.368. The van der Waals surface area contributed by atoms with Crippen LogP contribution < -0.4 is 18.9 Å². The smallest absolute Gasteiger partial charge is 0.161 e. The molecule has 1 N–H and O–H groups in total. The molecule has 3 aromatic rings. The molecule has 0 aliphatic heterocycles. The Morgan fingerprint density at radius 3 is 2.10 bits per heavy atom. The van der Waals surface area contributed by atoms with Crippen molar-refractivity contribution in [1.29, 1.82) is 0 Å². The van der Waals surface area contributed by atoms with Crippen molar-refractivity contribution in [2.24, 2.45) is 5.16 Å². The zero-order valence-corrected chi connectivity index (χ0v) is 17.1. The minimum atomic E-state index is 0.473. The van der Waals surface area contributed by atoms with Gasteiger partial charge in [-0.2, -0.15) is 0 Å². The molecule has 0 fully saturated rings. The van der Waals surface area contributed by atoms with Crippen LogP contribution in [0, 0.1) is 0 Å². The molecule has 0 unspecified atom stereocenters. The van der Waals surface area contributed by atoms with E-state index in [1.807, 2.05) is 24.3 Å². The molecule has 7 nitrogen and oxygen atoms in total. The molecule has 0 aliphatic rings. The van der Waals surface area contributed by atoms with Gasteiger partial charge in [0.15, 0.2) is 23.0 Å². The monoisotopic (exact) mass is 396 g/mol. The van der Waals surface area contributed by atoms with Crippen molar-refractivity contribution in [2.45, 2.75) is 13.3 Å². The van der Waals surface area contributed by atoms with Gasteiger partial charge in [0.2, 0.25) is 0 Å². The molecule has 3 rings (SSSR count). The van der Waals surface area contributed by atoms with Gasteiger partial charge in [0.25, 0.3) is 0 Å². The number of aromatic nitrogens is 1. The molecule has 1 heterocycles. The lowest BCUT2D eigenvalue weighted by Gasteiger charge is -2.16. The lowest BCUT2D eigenvalue weighted by Crippen LogP contribution is -2.05. The van der Waals surface area contributed by atoms with Gasteiger partial charge in [0.05, 0.1) is 39.8 Å². The highest BCUT2D eigenvalue weighted by Crippen LogP contribution is 2.35. The normalized spacial score (nSPS) is 11.4. The summed E-state index contributed by atoms with van der Waals surface area (Å²) in [5.74, 6) is 2.45. The summed E-state index contributed by atoms with van der Waals surface area (Å²) in [4.78, 5) is 4.59. The van der Waals surface area contributed by atoms with Gasteiger partial charge in [-0.05, 0) is 48.2 Å². The Hall–Kier alpha value is -3.48. The Balaban J connectivity index is 2.18. The average molecular weight is 396 g/mol. The summed E-state index contributed by atoms with van der Waals surface area (Å²) in [5, 5.41) is 14.6. The second-order valence-electron chi connectivity index (χ2n) is 6.41. The van der Waals surface area contributed by atoms with Gasteiger partial charge in [-0.1, -0.05) is 5.16 Å². The average Bonchev–Trinajstić information content (AvgIpc) is 2.77. The van der Waals surface area contributed by atoms with Crippen LogP contribution in [0.25, 0.3) is 10.8 Å². The summed E-state index contributed by atoms with van der Waals surface area (Å²) in [6.45, 7) is 1.73. The van der Waals surface area contributed by atoms with Crippen LogP contribution in [0.3, 0.4) is 0 Å². The van der Waals surface area contributed by atoms with Crippen molar-refractivity contribution in [1.82, 2.24) is 4.98 Å². The highest BCUT2D eigenvalue weighted by atomic mass is 16.5. The highest BCUT2D eigenvalue weighted by Gasteiger charge is 2.17. The van der Waals surface area contributed by atoms with E-state index in [2.05, 4.69) is 10.1 Å². The van der Waals surface area contributed by atoms with E-state index in [0.717, 1.165) is 27.6 Å². The molecule has 0 amide bonds. The van der Waals surface area contributed by atoms with E-state index in [4.69, 9.17) is 18.9 Å². The molecule has 0 atom stereocenters. The number of benzene rings is 2. The van der Waals surface area contributed by atoms with Crippen molar-refractivity contribution in [3.05, 3.63) is 53.3 Å². The van der Waals surface area contributed by atoms with Crippen LogP contribution in [0.5, 0.6) is 23.0 Å². The predicted octanol–water partition coefficient (Wildman–Crippen LogP) is 4.06. The van der Waals surface area contributed by atoms with E-state index in [1.165, 1.54) is 0 Å². The van der Waals surface area contributed by atoms with E-state index < -0.39 is 0 Å². The molecule has 0 bridgehead atoms. The molecule has 0 saturated heterocycles. The minimum Gasteiger partial charge on any atom is -0.493 e. The number of rotatable bonds is 7. The number of pyridine rings is 1. The maximum atomic E-state index is 9.34. The van der Waals surface area contributed by atoms with Gasteiger partial charge in [0.1, 0.15) is 0 Å². The fraction of sp³-hybridized carbons (Fsp3) is 0.273. The SMILES string of the molecule is COc1cc(Cc2nccc3cc(OC)c(OC)cc23)c(C(C)=NO)cc1OC. The van der Waals surface area contributed by atoms with Crippen LogP contribution in [0.2, 0.25) is 0 Å². The third-order valence-corrected chi connectivity index (χ3v) is 4.86. The van der Waals surface area contributed by atoms with Crippen molar-refractivity contribution in [2.75, 3.05) is 28.4 Å². The third-order valence-electron chi connectivity index (χ3n) is 4.86. The number of hydrogen-bond acceptors (Lipinski definition) is 7. The predicted molar refractivity (Wildman–Crippen MR) is 111 cm³/mol. The zero-order chi connectivity index (χ0) is 21.0. The Bertz CT molecular complexity index is 1060. The topological polar surface area (TPSA) is 82.4 Å². The molecule has 2 aromatic carbocycles. The summed E-state index contributed by atoms with van der Waals surface area (Å²) in [5.41, 5.74) is 2.97. The molecule has 0 saturated carbocycles. The molecule has 0 radical (unpaired) electrons. The van der Waals surface area contributed by atoms with Crippen LogP contribution in [0.15, 0.2) is 41.7 Å². The van der Waals surface area contributed by atoms with Crippen LogP contribution in [0.1, 0.15) is 23.7 Å². The first-order valence-electron chi connectivity index (χ1n) is 8.99. The maximum Gasteiger partial charge on any atom is 0.161 e. The first kappa shape index (κ1) is 20.3. The maximum absolute atomic E-state index is 9.34. The molecular weight excluding hydrogens is 372 g/mol. The van der Waals surface area contributed by atoms with Crippen molar-refractivity contribution in [3.8, 4) is 23.0 Å². The number of hydrogen-bond donors (Lipinski definition) is 1. The first-order valence-corrected chi connectivity index (χ1v) is 8.99. The number of oxime groups is 1. The second-order valence-corrected chi connectivity index (χ2v) is 6.41. The Morgan fingerprint density at radius 2 is 1.48 bits per heavy atom. The second kappa shape index (κ2) is 8.68. The lowest BCUT2D eigenvalue weighted by atomic mass is 9.96. The third kappa shape index (κ3) is 3.89. The molecule has 7 heteroatoms. The van der Waals surface area contributed by atoms with Gasteiger partial charge in [-0.3, -0.25) is 4.98 Å². The van der Waals surface area contributed by atoms with Crippen molar-refractivity contribution >= 4 is 16.5 Å². The fourth-order valence-electron chi connectivity index (χ4n) is 3.34.